The molecule has 1 aromatic rings. The molecule has 12 heavy (non-hydrogen) atoms. The molecule has 1 N–H and O–H groups in total. The maximum absolute atomic E-state index is 11.1. The van der Waals surface area contributed by atoms with E-state index in [1.165, 1.54) is 12.2 Å². The number of allylic oxidation sites excluding steroid dienone is 1. The van der Waals surface area contributed by atoms with Crippen molar-refractivity contribution >= 4 is 29.0 Å². The molecule has 60 valence electrons. The van der Waals surface area contributed by atoms with E-state index in [0.29, 0.717) is 4.88 Å². The summed E-state index contributed by atoms with van der Waals surface area (Å²) in [6.07, 6.45) is 2.65. The Bertz CT molecular complexity index is 451. The predicted octanol–water partition coefficient (Wildman–Crippen LogP) is 0.215. The van der Waals surface area contributed by atoms with Crippen LogP contribution in [0.4, 0.5) is 0 Å². The maximum Gasteiger partial charge on any atom is 0.305 e. The van der Waals surface area contributed by atoms with Gasteiger partial charge in [-0.25, -0.2) is 0 Å². The molecule has 1 aromatic heterocycles. The molecule has 5 heteroatoms. The Morgan fingerprint density at radius 3 is 2.67 bits per heavy atom. The number of thiazole rings is 1. The highest BCUT2D eigenvalue weighted by molar-refractivity contribution is 7.10. The summed E-state index contributed by atoms with van der Waals surface area (Å²) < 4.78 is 0. The van der Waals surface area contributed by atoms with Crippen molar-refractivity contribution < 1.29 is 9.59 Å². The van der Waals surface area contributed by atoms with E-state index in [-0.39, 0.29) is 10.6 Å². The number of ketones is 2. The number of carbonyl (C=O) groups is 2. The first-order valence-electron chi connectivity index (χ1n) is 3.18. The molecule has 0 aliphatic heterocycles. The summed E-state index contributed by atoms with van der Waals surface area (Å²) in [6, 6.07) is 0. The molecule has 0 spiro atoms. The Balaban J connectivity index is 2.73. The third-order valence-electron chi connectivity index (χ3n) is 1.51. The van der Waals surface area contributed by atoms with Gasteiger partial charge < -0.3 is 4.98 Å². The van der Waals surface area contributed by atoms with Crippen molar-refractivity contribution in [3.63, 3.8) is 0 Å². The number of Topliss-reactive ketones (excluding diaryl/α,β-unsaturated/α-hetero) is 1. The van der Waals surface area contributed by atoms with E-state index < -0.39 is 11.6 Å². The standard InChI is InChI=1S/C7H3NO3S/c9-3-1-2-4-5(6(3)10)8-7(11)12-4/h1-2H,(H,8,11). The highest BCUT2D eigenvalue weighted by Gasteiger charge is 2.23. The minimum absolute atomic E-state index is 0.123. The van der Waals surface area contributed by atoms with Crippen molar-refractivity contribution in [2.24, 2.45) is 0 Å². The maximum atomic E-state index is 11.1. The minimum atomic E-state index is -0.633. The number of aromatic amines is 1. The van der Waals surface area contributed by atoms with Gasteiger partial charge >= 0.3 is 4.87 Å². The van der Waals surface area contributed by atoms with Crippen molar-refractivity contribution in [1.29, 1.82) is 0 Å². The Kier molecular flexibility index (Phi) is 1.34. The number of aromatic nitrogens is 1. The van der Waals surface area contributed by atoms with Crippen molar-refractivity contribution in [2.45, 2.75) is 0 Å². The molecule has 0 aromatic carbocycles. The van der Waals surface area contributed by atoms with Crippen LogP contribution in [0.1, 0.15) is 15.4 Å². The van der Waals surface area contributed by atoms with Gasteiger partial charge in [0.05, 0.1) is 4.88 Å². The lowest BCUT2D eigenvalue weighted by atomic mass is 10.1. The molecule has 0 radical (unpaired) electrons. The largest absolute Gasteiger partial charge is 0.309 e. The van der Waals surface area contributed by atoms with Gasteiger partial charge in [0.2, 0.25) is 5.78 Å². The van der Waals surface area contributed by atoms with Crippen LogP contribution in [0, 0.1) is 0 Å². The van der Waals surface area contributed by atoms with Gasteiger partial charge in [0.1, 0.15) is 5.69 Å². The van der Waals surface area contributed by atoms with E-state index in [2.05, 4.69) is 4.98 Å². The minimum Gasteiger partial charge on any atom is -0.309 e. The average Bonchev–Trinajstić information content (AvgIpc) is 2.39. The van der Waals surface area contributed by atoms with Crippen LogP contribution >= 0.6 is 11.3 Å². The van der Waals surface area contributed by atoms with Crippen molar-refractivity contribution in [2.75, 3.05) is 0 Å². The van der Waals surface area contributed by atoms with Gasteiger partial charge in [0, 0.05) is 0 Å². The number of hydrogen-bond acceptors (Lipinski definition) is 4. The first-order valence-corrected chi connectivity index (χ1v) is 4.00. The molecule has 0 atom stereocenters. The van der Waals surface area contributed by atoms with Crippen LogP contribution in [0.3, 0.4) is 0 Å². The number of nitrogens with one attached hydrogen (secondary N) is 1. The van der Waals surface area contributed by atoms with Gasteiger partial charge in [-0.2, -0.15) is 0 Å². The fraction of sp³-hybridized carbons (Fsp3) is 0. The number of carbonyl (C=O) groups excluding carboxylic acids is 2. The third-order valence-corrected chi connectivity index (χ3v) is 2.36. The lowest BCUT2D eigenvalue weighted by molar-refractivity contribution is -0.110. The van der Waals surface area contributed by atoms with Crippen molar-refractivity contribution in [3.05, 3.63) is 26.3 Å². The van der Waals surface area contributed by atoms with Crippen LogP contribution in [-0.4, -0.2) is 16.6 Å². The number of fused-ring (bicyclic) bond motifs is 1. The molecule has 1 aliphatic carbocycles. The fourth-order valence-electron chi connectivity index (χ4n) is 0.976. The second-order valence-corrected chi connectivity index (χ2v) is 3.30. The van der Waals surface area contributed by atoms with Crippen molar-refractivity contribution in [1.82, 2.24) is 4.98 Å². The first-order chi connectivity index (χ1) is 5.68. The lowest BCUT2D eigenvalue weighted by Gasteiger charge is -1.98. The van der Waals surface area contributed by atoms with Crippen LogP contribution < -0.4 is 4.87 Å². The molecule has 0 bridgehead atoms. The van der Waals surface area contributed by atoms with Gasteiger partial charge in [0.15, 0.2) is 0 Å². The molecule has 4 nitrogen and oxygen atoms in total. The molecule has 0 fully saturated rings. The van der Waals surface area contributed by atoms with Gasteiger partial charge in [-0.1, -0.05) is 11.3 Å². The SMILES string of the molecule is O=C1C=Cc2sc(=O)[nH]c2C1=O. The normalized spacial score (nSPS) is 15.0. The monoisotopic (exact) mass is 181 g/mol. The van der Waals surface area contributed by atoms with Gasteiger partial charge in [-0.05, 0) is 12.2 Å². The van der Waals surface area contributed by atoms with E-state index in [9.17, 15) is 14.4 Å². The summed E-state index contributed by atoms with van der Waals surface area (Å²) in [5.41, 5.74) is 0.123. The highest BCUT2D eigenvalue weighted by atomic mass is 32.1. The summed E-state index contributed by atoms with van der Waals surface area (Å²) in [5, 5.41) is 0. The predicted molar refractivity (Wildman–Crippen MR) is 43.3 cm³/mol. The summed E-state index contributed by atoms with van der Waals surface area (Å²) in [5.74, 6) is -1.22. The third kappa shape index (κ3) is 0.868. The van der Waals surface area contributed by atoms with E-state index in [0.717, 1.165) is 11.3 Å². The number of hydrogen-bond donors (Lipinski definition) is 1. The molecular formula is C7H3NO3S. The quantitative estimate of drug-likeness (QED) is 0.582. The number of H-pyrrole nitrogens is 1. The second kappa shape index (κ2) is 2.25. The molecule has 0 amide bonds. The summed E-state index contributed by atoms with van der Waals surface area (Å²) in [7, 11) is 0. The molecule has 0 saturated heterocycles. The zero-order valence-electron chi connectivity index (χ0n) is 5.79. The Morgan fingerprint density at radius 1 is 1.17 bits per heavy atom. The van der Waals surface area contributed by atoms with E-state index in [4.69, 9.17) is 0 Å². The first kappa shape index (κ1) is 7.17. The molecule has 2 rings (SSSR count). The molecule has 0 unspecified atom stereocenters. The lowest BCUT2D eigenvalue weighted by Crippen LogP contribution is -2.16. The van der Waals surface area contributed by atoms with Gasteiger partial charge in [0.25, 0.3) is 5.78 Å². The average molecular weight is 181 g/mol. The fourth-order valence-corrected chi connectivity index (χ4v) is 1.71. The molecule has 1 aliphatic rings. The molecule has 1 heterocycles. The van der Waals surface area contributed by atoms with Crippen LogP contribution in [-0.2, 0) is 4.79 Å². The van der Waals surface area contributed by atoms with E-state index in [1.807, 2.05) is 0 Å². The van der Waals surface area contributed by atoms with E-state index >= 15 is 0 Å². The summed E-state index contributed by atoms with van der Waals surface area (Å²) in [6.45, 7) is 0. The smallest absolute Gasteiger partial charge is 0.305 e. The van der Waals surface area contributed by atoms with E-state index in [1.54, 1.807) is 0 Å². The summed E-state index contributed by atoms with van der Waals surface area (Å²) >= 11 is 0.925. The van der Waals surface area contributed by atoms with Crippen LogP contribution in [0.15, 0.2) is 10.9 Å². The zero-order valence-corrected chi connectivity index (χ0v) is 6.60. The highest BCUT2D eigenvalue weighted by Crippen LogP contribution is 2.16. The molecular weight excluding hydrogens is 178 g/mol. The van der Waals surface area contributed by atoms with Gasteiger partial charge in [-0.15, -0.1) is 0 Å². The number of rotatable bonds is 0. The second-order valence-electron chi connectivity index (χ2n) is 2.28. The Morgan fingerprint density at radius 2 is 1.92 bits per heavy atom. The van der Waals surface area contributed by atoms with Crippen LogP contribution in [0.5, 0.6) is 0 Å². The topological polar surface area (TPSA) is 67.0 Å². The van der Waals surface area contributed by atoms with Crippen LogP contribution in [0.25, 0.3) is 6.08 Å². The zero-order chi connectivity index (χ0) is 8.72. The van der Waals surface area contributed by atoms with Crippen LogP contribution in [0.2, 0.25) is 0 Å². The molecule has 0 saturated carbocycles. The summed E-state index contributed by atoms with van der Waals surface area (Å²) in [4.78, 5) is 35.2. The van der Waals surface area contributed by atoms with Gasteiger partial charge in [-0.3, -0.25) is 14.4 Å². The van der Waals surface area contributed by atoms with Crippen molar-refractivity contribution in [3.8, 4) is 0 Å². The Hall–Kier alpha value is -1.49. The Labute approximate surface area is 70.5 Å².